The molecular weight excluding hydrogens is 228 g/mol. The Labute approximate surface area is 96.0 Å². The number of nitrogens with zero attached hydrogens (tertiary/aromatic N) is 2. The number of aromatic amines is 1. The maximum atomic E-state index is 10.5. The Balaban J connectivity index is 2.42. The Hall–Kier alpha value is -2.06. The van der Waals surface area contributed by atoms with Gasteiger partial charge in [-0.1, -0.05) is 23.4 Å². The van der Waals surface area contributed by atoms with Crippen LogP contribution in [0.5, 0.6) is 0 Å². The lowest BCUT2D eigenvalue weighted by Crippen LogP contribution is -2.08. The zero-order valence-electron chi connectivity index (χ0n) is 8.12. The minimum atomic E-state index is -0.458. The quantitative estimate of drug-likeness (QED) is 0.566. The second-order valence-corrected chi connectivity index (χ2v) is 3.39. The molecular formula is C10H7ClN4O. The lowest BCUT2D eigenvalue weighted by molar-refractivity contribution is -0.117. The summed E-state index contributed by atoms with van der Waals surface area (Å²) in [5, 5.41) is 0.341. The van der Waals surface area contributed by atoms with E-state index in [1.165, 1.54) is 6.33 Å². The monoisotopic (exact) mass is 234 g/mol. The summed E-state index contributed by atoms with van der Waals surface area (Å²) in [4.78, 5) is 21.3. The second kappa shape index (κ2) is 4.21. The number of nitrogens with one attached hydrogen (secondary N) is 1. The van der Waals surface area contributed by atoms with Gasteiger partial charge in [-0.2, -0.15) is 0 Å². The molecule has 5 nitrogen and oxygen atoms in total. The highest BCUT2D eigenvalue weighted by atomic mass is 35.5. The van der Waals surface area contributed by atoms with Crippen LogP contribution < -0.4 is 5.73 Å². The number of rotatable bonds is 1. The van der Waals surface area contributed by atoms with Crippen LogP contribution in [-0.4, -0.2) is 20.9 Å². The van der Waals surface area contributed by atoms with E-state index in [0.717, 1.165) is 0 Å². The largest absolute Gasteiger partial charge is 0.369 e. The third-order valence-corrected chi connectivity index (χ3v) is 2.19. The fourth-order valence-electron chi connectivity index (χ4n) is 1.23. The van der Waals surface area contributed by atoms with Gasteiger partial charge in [-0.15, -0.1) is 0 Å². The second-order valence-electron chi connectivity index (χ2n) is 3.04. The Kier molecular flexibility index (Phi) is 2.75. The van der Waals surface area contributed by atoms with Crippen LogP contribution in [0.3, 0.4) is 0 Å². The van der Waals surface area contributed by atoms with Crippen molar-refractivity contribution in [3.63, 3.8) is 0 Å². The summed E-state index contributed by atoms with van der Waals surface area (Å²) in [6, 6.07) is 0. The molecule has 0 bridgehead atoms. The average molecular weight is 235 g/mol. The first kappa shape index (κ1) is 10.5. The number of hydrogen-bond acceptors (Lipinski definition) is 3. The van der Waals surface area contributed by atoms with Gasteiger partial charge in [0.15, 0.2) is 5.15 Å². The maximum Gasteiger partial charge on any atom is 0.229 e. The van der Waals surface area contributed by atoms with Crippen LogP contribution in [-0.2, 0) is 4.79 Å². The van der Waals surface area contributed by atoms with Gasteiger partial charge in [-0.05, 0) is 0 Å². The number of amides is 1. The van der Waals surface area contributed by atoms with E-state index in [0.29, 0.717) is 21.7 Å². The van der Waals surface area contributed by atoms with Crippen molar-refractivity contribution in [3.05, 3.63) is 23.2 Å². The Bertz CT molecular complexity index is 608. The number of primary amides is 1. The molecule has 0 radical (unpaired) electrons. The number of aromatic nitrogens is 3. The zero-order valence-corrected chi connectivity index (χ0v) is 8.88. The predicted octanol–water partition coefficient (Wildman–Crippen LogP) is 0.838. The molecule has 2 aromatic rings. The lowest BCUT2D eigenvalue weighted by Gasteiger charge is -1.90. The molecule has 0 spiro atoms. The van der Waals surface area contributed by atoms with Gasteiger partial charge in [-0.3, -0.25) is 4.79 Å². The van der Waals surface area contributed by atoms with E-state index in [1.807, 2.05) is 0 Å². The van der Waals surface area contributed by atoms with Gasteiger partial charge in [0.2, 0.25) is 5.91 Å². The van der Waals surface area contributed by atoms with Crippen molar-refractivity contribution < 1.29 is 4.79 Å². The van der Waals surface area contributed by atoms with Crippen molar-refractivity contribution in [2.24, 2.45) is 5.73 Å². The summed E-state index contributed by atoms with van der Waals surface area (Å²) in [5.74, 6) is 4.99. The molecule has 0 saturated carbocycles. The molecule has 80 valence electrons. The number of carbonyl (C=O) groups excluding carboxylic acids is 1. The highest BCUT2D eigenvalue weighted by Gasteiger charge is 2.06. The number of hydrogen-bond donors (Lipinski definition) is 2. The van der Waals surface area contributed by atoms with E-state index < -0.39 is 5.91 Å². The van der Waals surface area contributed by atoms with Gasteiger partial charge in [0, 0.05) is 6.20 Å². The molecule has 0 aromatic carbocycles. The minimum Gasteiger partial charge on any atom is -0.369 e. The van der Waals surface area contributed by atoms with Crippen molar-refractivity contribution in [2.45, 2.75) is 6.42 Å². The molecule has 0 unspecified atom stereocenters. The third-order valence-electron chi connectivity index (χ3n) is 1.90. The van der Waals surface area contributed by atoms with Crippen LogP contribution in [0.25, 0.3) is 11.0 Å². The van der Waals surface area contributed by atoms with Crippen LogP contribution in [0.2, 0.25) is 5.15 Å². The van der Waals surface area contributed by atoms with Crippen molar-refractivity contribution >= 4 is 28.5 Å². The number of fused-ring (bicyclic) bond motifs is 1. The molecule has 0 fully saturated rings. The van der Waals surface area contributed by atoms with Crippen molar-refractivity contribution in [1.82, 2.24) is 15.0 Å². The number of halogens is 1. The average Bonchev–Trinajstić information content (AvgIpc) is 2.63. The summed E-state index contributed by atoms with van der Waals surface area (Å²) < 4.78 is 0. The highest BCUT2D eigenvalue weighted by molar-refractivity contribution is 6.33. The zero-order chi connectivity index (χ0) is 11.5. The molecule has 2 aromatic heterocycles. The maximum absolute atomic E-state index is 10.5. The summed E-state index contributed by atoms with van der Waals surface area (Å²) in [6.45, 7) is 0. The summed E-state index contributed by atoms with van der Waals surface area (Å²) >= 11 is 5.85. The van der Waals surface area contributed by atoms with E-state index >= 15 is 0 Å². The smallest absolute Gasteiger partial charge is 0.229 e. The molecule has 0 atom stereocenters. The first-order valence-electron chi connectivity index (χ1n) is 4.43. The Morgan fingerprint density at radius 1 is 1.56 bits per heavy atom. The fraction of sp³-hybridized carbons (Fsp3) is 0.100. The summed E-state index contributed by atoms with van der Waals surface area (Å²) in [5.41, 5.74) is 6.91. The molecule has 3 N–H and O–H groups in total. The van der Waals surface area contributed by atoms with Gasteiger partial charge >= 0.3 is 0 Å². The third kappa shape index (κ3) is 1.97. The van der Waals surface area contributed by atoms with Crippen LogP contribution in [0.1, 0.15) is 12.0 Å². The Morgan fingerprint density at radius 2 is 2.38 bits per heavy atom. The van der Waals surface area contributed by atoms with Crippen molar-refractivity contribution in [1.29, 1.82) is 0 Å². The highest BCUT2D eigenvalue weighted by Crippen LogP contribution is 2.20. The molecule has 1 amide bonds. The van der Waals surface area contributed by atoms with Gasteiger partial charge in [-0.25, -0.2) is 9.97 Å². The molecule has 6 heteroatoms. The number of nitrogens with two attached hydrogens (primary N) is 1. The first-order chi connectivity index (χ1) is 7.68. The number of carbonyl (C=O) groups is 1. The van der Waals surface area contributed by atoms with Gasteiger partial charge in [0.1, 0.15) is 17.4 Å². The molecule has 0 aliphatic heterocycles. The molecule has 0 aliphatic rings. The molecule has 0 saturated heterocycles. The van der Waals surface area contributed by atoms with Gasteiger partial charge < -0.3 is 10.7 Å². The standard InChI is InChI=1S/C10H7ClN4O/c11-10-9-8(14-5-15-10)6(4-13-9)2-1-3-7(12)16/h4-5,13H,3H2,(H2,12,16). The fourth-order valence-corrected chi connectivity index (χ4v) is 1.42. The van der Waals surface area contributed by atoms with Gasteiger partial charge in [0.05, 0.1) is 12.0 Å². The van der Waals surface area contributed by atoms with Crippen LogP contribution in [0, 0.1) is 11.8 Å². The summed E-state index contributed by atoms with van der Waals surface area (Å²) in [7, 11) is 0. The van der Waals surface area contributed by atoms with Crippen LogP contribution in [0.15, 0.2) is 12.5 Å². The lowest BCUT2D eigenvalue weighted by atomic mass is 10.3. The van der Waals surface area contributed by atoms with Gasteiger partial charge in [0.25, 0.3) is 0 Å². The molecule has 0 aliphatic carbocycles. The van der Waals surface area contributed by atoms with E-state index in [-0.39, 0.29) is 6.42 Å². The van der Waals surface area contributed by atoms with E-state index in [1.54, 1.807) is 6.20 Å². The van der Waals surface area contributed by atoms with E-state index in [9.17, 15) is 4.79 Å². The predicted molar refractivity (Wildman–Crippen MR) is 59.6 cm³/mol. The van der Waals surface area contributed by atoms with E-state index in [2.05, 4.69) is 26.8 Å². The van der Waals surface area contributed by atoms with Crippen molar-refractivity contribution in [3.8, 4) is 11.8 Å². The normalized spacial score (nSPS) is 9.81. The molecule has 2 rings (SSSR count). The Morgan fingerprint density at radius 3 is 3.12 bits per heavy atom. The van der Waals surface area contributed by atoms with Crippen LogP contribution >= 0.6 is 11.6 Å². The topological polar surface area (TPSA) is 84.7 Å². The SMILES string of the molecule is NC(=O)CC#Cc1c[nH]c2c(Cl)ncnc12. The van der Waals surface area contributed by atoms with Crippen LogP contribution in [0.4, 0.5) is 0 Å². The minimum absolute atomic E-state index is 0.0193. The molecule has 16 heavy (non-hydrogen) atoms. The number of H-pyrrole nitrogens is 1. The summed E-state index contributed by atoms with van der Waals surface area (Å²) in [6.07, 6.45) is 3.04. The molecule has 2 heterocycles. The van der Waals surface area contributed by atoms with Crippen molar-refractivity contribution in [2.75, 3.05) is 0 Å². The first-order valence-corrected chi connectivity index (χ1v) is 4.81. The van der Waals surface area contributed by atoms with E-state index in [4.69, 9.17) is 17.3 Å².